The number of amides is 1. The Bertz CT molecular complexity index is 525. The van der Waals surface area contributed by atoms with E-state index in [-0.39, 0.29) is 17.9 Å². The maximum atomic E-state index is 12.8. The van der Waals surface area contributed by atoms with Gasteiger partial charge < -0.3 is 14.7 Å². The molecule has 132 valence electrons. The molecule has 0 spiro atoms. The number of piperidine rings is 1. The van der Waals surface area contributed by atoms with Crippen molar-refractivity contribution in [3.8, 4) is 0 Å². The van der Waals surface area contributed by atoms with E-state index in [1.165, 1.54) is 5.56 Å². The second kappa shape index (κ2) is 8.13. The smallest absolute Gasteiger partial charge is 0.225 e. The topological polar surface area (TPSA) is 49.8 Å². The molecule has 1 saturated heterocycles. The van der Waals surface area contributed by atoms with E-state index in [1.54, 1.807) is 7.11 Å². The Labute approximate surface area is 144 Å². The highest BCUT2D eigenvalue weighted by Gasteiger charge is 2.35. The highest BCUT2D eigenvalue weighted by molar-refractivity contribution is 5.79. The molecule has 4 nitrogen and oxygen atoms in total. The Balaban J connectivity index is 1.48. The molecule has 2 fully saturated rings. The van der Waals surface area contributed by atoms with Gasteiger partial charge in [-0.3, -0.25) is 4.79 Å². The van der Waals surface area contributed by atoms with Crippen molar-refractivity contribution < 1.29 is 14.6 Å². The van der Waals surface area contributed by atoms with Crippen molar-refractivity contribution in [2.24, 2.45) is 11.8 Å². The fourth-order valence-electron chi connectivity index (χ4n) is 4.15. The number of aliphatic hydroxyl groups excluding tert-OH is 1. The molecule has 3 rings (SSSR count). The molecule has 1 aliphatic heterocycles. The third kappa shape index (κ3) is 4.17. The molecule has 3 atom stereocenters. The van der Waals surface area contributed by atoms with Crippen LogP contribution in [0, 0.1) is 11.8 Å². The lowest BCUT2D eigenvalue weighted by molar-refractivity contribution is -0.142. The minimum absolute atomic E-state index is 0.0176. The molecule has 1 aromatic rings. The SMILES string of the molecule is CO[C@@H]1C[C@H](C(=O)N2CCC(Cc3ccccc3)CC2)CC[C@@H]1O. The largest absolute Gasteiger partial charge is 0.390 e. The Morgan fingerprint density at radius 3 is 2.54 bits per heavy atom. The molecule has 1 aliphatic carbocycles. The zero-order valence-electron chi connectivity index (χ0n) is 14.6. The normalized spacial score (nSPS) is 28.8. The van der Waals surface area contributed by atoms with Crippen LogP contribution in [0.1, 0.15) is 37.7 Å². The molecular formula is C20H29NO3. The van der Waals surface area contributed by atoms with E-state index in [0.717, 1.165) is 38.8 Å². The average molecular weight is 331 g/mol. The van der Waals surface area contributed by atoms with Crippen molar-refractivity contribution in [2.75, 3.05) is 20.2 Å². The van der Waals surface area contributed by atoms with Crippen molar-refractivity contribution in [3.63, 3.8) is 0 Å². The van der Waals surface area contributed by atoms with Gasteiger partial charge >= 0.3 is 0 Å². The number of nitrogens with zero attached hydrogens (tertiary/aromatic N) is 1. The van der Waals surface area contributed by atoms with Crippen LogP contribution in [0.15, 0.2) is 30.3 Å². The van der Waals surface area contributed by atoms with E-state index >= 15 is 0 Å². The van der Waals surface area contributed by atoms with Crippen LogP contribution in [0.5, 0.6) is 0 Å². The highest BCUT2D eigenvalue weighted by Crippen LogP contribution is 2.30. The minimum Gasteiger partial charge on any atom is -0.390 e. The summed E-state index contributed by atoms with van der Waals surface area (Å²) in [5, 5.41) is 9.90. The van der Waals surface area contributed by atoms with E-state index < -0.39 is 6.10 Å². The number of methoxy groups -OCH3 is 1. The number of carbonyl (C=O) groups excluding carboxylic acids is 1. The maximum Gasteiger partial charge on any atom is 0.225 e. The van der Waals surface area contributed by atoms with Gasteiger partial charge in [-0.15, -0.1) is 0 Å². The molecule has 1 aromatic carbocycles. The van der Waals surface area contributed by atoms with Gasteiger partial charge in [-0.1, -0.05) is 30.3 Å². The minimum atomic E-state index is -0.421. The summed E-state index contributed by atoms with van der Waals surface area (Å²) in [5.41, 5.74) is 1.39. The Morgan fingerprint density at radius 1 is 1.17 bits per heavy atom. The predicted octanol–water partition coefficient (Wildman–Crippen LogP) is 2.64. The number of benzene rings is 1. The lowest BCUT2D eigenvalue weighted by Crippen LogP contribution is -2.46. The summed E-state index contributed by atoms with van der Waals surface area (Å²) in [6.07, 6.45) is 4.78. The summed E-state index contributed by atoms with van der Waals surface area (Å²) in [5.74, 6) is 0.961. The van der Waals surface area contributed by atoms with Gasteiger partial charge in [0, 0.05) is 26.1 Å². The van der Waals surface area contributed by atoms with Crippen LogP contribution in [0.3, 0.4) is 0 Å². The Morgan fingerprint density at radius 2 is 1.88 bits per heavy atom. The van der Waals surface area contributed by atoms with Gasteiger partial charge in [0.2, 0.25) is 5.91 Å². The highest BCUT2D eigenvalue weighted by atomic mass is 16.5. The zero-order valence-corrected chi connectivity index (χ0v) is 14.6. The van der Waals surface area contributed by atoms with Gasteiger partial charge in [-0.05, 0) is 50.0 Å². The van der Waals surface area contributed by atoms with Crippen molar-refractivity contribution in [3.05, 3.63) is 35.9 Å². The van der Waals surface area contributed by atoms with Gasteiger partial charge in [0.05, 0.1) is 12.2 Å². The standard InChI is InChI=1S/C20H29NO3/c1-24-19-14-17(7-8-18(19)22)20(23)21-11-9-16(10-12-21)13-15-5-3-2-4-6-15/h2-6,16-19,22H,7-14H2,1H3/t17-,18+,19-/m1/s1. The van der Waals surface area contributed by atoms with E-state index in [9.17, 15) is 9.90 Å². The van der Waals surface area contributed by atoms with Gasteiger partial charge in [-0.25, -0.2) is 0 Å². The Hall–Kier alpha value is -1.39. The van der Waals surface area contributed by atoms with Crippen molar-refractivity contribution in [1.29, 1.82) is 0 Å². The quantitative estimate of drug-likeness (QED) is 0.923. The summed E-state index contributed by atoms with van der Waals surface area (Å²) in [6.45, 7) is 1.74. The summed E-state index contributed by atoms with van der Waals surface area (Å²) >= 11 is 0. The summed E-state index contributed by atoms with van der Waals surface area (Å²) in [4.78, 5) is 14.8. The second-order valence-electron chi connectivity index (χ2n) is 7.31. The first-order valence-corrected chi connectivity index (χ1v) is 9.21. The summed E-state index contributed by atoms with van der Waals surface area (Å²) in [7, 11) is 1.62. The number of ether oxygens (including phenoxy) is 1. The van der Waals surface area contributed by atoms with Gasteiger partial charge in [0.15, 0.2) is 0 Å². The molecular weight excluding hydrogens is 302 g/mol. The van der Waals surface area contributed by atoms with Crippen LogP contribution >= 0.6 is 0 Å². The van der Waals surface area contributed by atoms with Crippen molar-refractivity contribution in [1.82, 2.24) is 4.90 Å². The first-order chi connectivity index (χ1) is 11.7. The van der Waals surface area contributed by atoms with E-state index in [2.05, 4.69) is 30.3 Å². The lowest BCUT2D eigenvalue weighted by atomic mass is 9.83. The van der Waals surface area contributed by atoms with Crippen LogP contribution in [0.25, 0.3) is 0 Å². The molecule has 0 unspecified atom stereocenters. The molecule has 1 amide bonds. The number of carbonyl (C=O) groups is 1. The third-order valence-corrected chi connectivity index (χ3v) is 5.70. The number of hydrogen-bond donors (Lipinski definition) is 1. The van der Waals surface area contributed by atoms with Gasteiger partial charge in [0.1, 0.15) is 0 Å². The van der Waals surface area contributed by atoms with Crippen molar-refractivity contribution in [2.45, 2.75) is 50.7 Å². The number of aliphatic hydroxyl groups is 1. The van der Waals surface area contributed by atoms with Crippen LogP contribution < -0.4 is 0 Å². The van der Waals surface area contributed by atoms with Crippen LogP contribution in [0.4, 0.5) is 0 Å². The van der Waals surface area contributed by atoms with Crippen LogP contribution in [-0.2, 0) is 16.0 Å². The summed E-state index contributed by atoms with van der Waals surface area (Å²) < 4.78 is 5.33. The molecule has 0 radical (unpaired) electrons. The van der Waals surface area contributed by atoms with Crippen molar-refractivity contribution >= 4 is 5.91 Å². The molecule has 2 aliphatic rings. The maximum absolute atomic E-state index is 12.8. The van der Waals surface area contributed by atoms with Crippen LogP contribution in [-0.4, -0.2) is 48.3 Å². The molecule has 0 bridgehead atoms. The fourth-order valence-corrected chi connectivity index (χ4v) is 4.15. The Kier molecular flexibility index (Phi) is 5.90. The van der Waals surface area contributed by atoms with Gasteiger partial charge in [-0.2, -0.15) is 0 Å². The second-order valence-corrected chi connectivity index (χ2v) is 7.31. The number of hydrogen-bond acceptors (Lipinski definition) is 3. The first-order valence-electron chi connectivity index (χ1n) is 9.21. The van der Waals surface area contributed by atoms with Crippen LogP contribution in [0.2, 0.25) is 0 Å². The predicted molar refractivity (Wildman–Crippen MR) is 93.6 cm³/mol. The monoisotopic (exact) mass is 331 g/mol. The molecule has 1 N–H and O–H groups in total. The zero-order chi connectivity index (χ0) is 16.9. The molecule has 24 heavy (non-hydrogen) atoms. The lowest BCUT2D eigenvalue weighted by Gasteiger charge is -2.37. The van der Waals surface area contributed by atoms with E-state index in [0.29, 0.717) is 18.8 Å². The fraction of sp³-hybridized carbons (Fsp3) is 0.650. The average Bonchev–Trinajstić information content (AvgIpc) is 2.63. The van der Waals surface area contributed by atoms with Gasteiger partial charge in [0.25, 0.3) is 0 Å². The molecule has 1 saturated carbocycles. The summed E-state index contributed by atoms with van der Waals surface area (Å²) in [6, 6.07) is 10.6. The molecule has 4 heteroatoms. The first kappa shape index (κ1) is 17.4. The molecule has 0 aromatic heterocycles. The number of likely N-dealkylation sites (tertiary alicyclic amines) is 1. The third-order valence-electron chi connectivity index (χ3n) is 5.70. The number of rotatable bonds is 4. The van der Waals surface area contributed by atoms with E-state index in [4.69, 9.17) is 4.74 Å². The molecule has 1 heterocycles. The van der Waals surface area contributed by atoms with E-state index in [1.807, 2.05) is 4.90 Å².